The summed E-state index contributed by atoms with van der Waals surface area (Å²) in [5, 5.41) is 12.5. The number of carbonyl (C=O) groups excluding carboxylic acids is 2. The van der Waals surface area contributed by atoms with Gasteiger partial charge in [-0.15, -0.1) is 18.2 Å². The van der Waals surface area contributed by atoms with Crippen molar-refractivity contribution in [1.29, 1.82) is 0 Å². The first-order valence-corrected chi connectivity index (χ1v) is 14.2. The number of terminal acetylenes is 1. The standard InChI is InChI=1S/C29H31N5O7S/c1-7-16-14-33(22-19(16)23(32-15-31-22)34(26(36)37)27(38)41-28(2,3)4)25-21-20(39-29(5,6)40-21)18(42-25)13-30-24(35)17-11-9-8-10-12-17/h1,8-12,14-15,18,20-21,25H,13H2,2-6H3,(H,30,35)(H,36,37)/t18-,20-,21-,25-/m1/s1. The molecule has 220 valence electrons. The van der Waals surface area contributed by atoms with Crippen LogP contribution in [-0.2, 0) is 14.2 Å². The molecule has 4 atom stereocenters. The zero-order valence-electron chi connectivity index (χ0n) is 23.7. The largest absolute Gasteiger partial charge is 0.464 e. The van der Waals surface area contributed by atoms with Gasteiger partial charge in [0.05, 0.1) is 16.2 Å². The number of fused-ring (bicyclic) bond motifs is 2. The second kappa shape index (κ2) is 10.9. The van der Waals surface area contributed by atoms with E-state index in [0.29, 0.717) is 22.7 Å². The second-order valence-electron chi connectivity index (χ2n) is 11.3. The predicted octanol–water partition coefficient (Wildman–Crippen LogP) is 4.40. The van der Waals surface area contributed by atoms with Gasteiger partial charge in [-0.3, -0.25) is 4.79 Å². The van der Waals surface area contributed by atoms with Gasteiger partial charge in [-0.2, -0.15) is 4.90 Å². The maximum Gasteiger partial charge on any atom is 0.425 e. The molecule has 0 radical (unpaired) electrons. The maximum atomic E-state index is 12.9. The molecule has 2 saturated heterocycles. The summed E-state index contributed by atoms with van der Waals surface area (Å²) in [6.07, 6.45) is 5.14. The highest BCUT2D eigenvalue weighted by Crippen LogP contribution is 2.52. The van der Waals surface area contributed by atoms with Crippen LogP contribution in [0.25, 0.3) is 11.0 Å². The number of imide groups is 1. The Hall–Kier alpha value is -4.12. The van der Waals surface area contributed by atoms with Crippen LogP contribution in [0.5, 0.6) is 0 Å². The van der Waals surface area contributed by atoms with E-state index in [4.69, 9.17) is 20.6 Å². The van der Waals surface area contributed by atoms with Gasteiger partial charge < -0.3 is 29.2 Å². The molecule has 0 bridgehead atoms. The molecule has 13 heteroatoms. The van der Waals surface area contributed by atoms with E-state index in [1.807, 2.05) is 19.9 Å². The maximum absolute atomic E-state index is 12.9. The lowest BCUT2D eigenvalue weighted by atomic mass is 10.1. The topological polar surface area (TPSA) is 145 Å². The van der Waals surface area contributed by atoms with Gasteiger partial charge in [0.1, 0.15) is 35.2 Å². The molecule has 2 N–H and O–H groups in total. The number of benzene rings is 1. The Morgan fingerprint density at radius 3 is 2.52 bits per heavy atom. The molecule has 12 nitrogen and oxygen atoms in total. The van der Waals surface area contributed by atoms with Gasteiger partial charge in [0.2, 0.25) is 0 Å². The summed E-state index contributed by atoms with van der Waals surface area (Å²) in [5.74, 6) is 1.26. The quantitative estimate of drug-likeness (QED) is 0.409. The second-order valence-corrected chi connectivity index (χ2v) is 12.7. The minimum Gasteiger partial charge on any atom is -0.464 e. The third kappa shape index (κ3) is 5.65. The van der Waals surface area contributed by atoms with Crippen LogP contribution in [-0.4, -0.2) is 73.1 Å². The van der Waals surface area contributed by atoms with Crippen LogP contribution < -0.4 is 10.2 Å². The van der Waals surface area contributed by atoms with Crippen molar-refractivity contribution in [2.24, 2.45) is 0 Å². The van der Waals surface area contributed by atoms with Gasteiger partial charge >= 0.3 is 12.2 Å². The van der Waals surface area contributed by atoms with Crippen molar-refractivity contribution >= 4 is 46.7 Å². The van der Waals surface area contributed by atoms with E-state index in [-0.39, 0.29) is 34.0 Å². The van der Waals surface area contributed by atoms with Crippen LogP contribution in [0.4, 0.5) is 15.4 Å². The van der Waals surface area contributed by atoms with Gasteiger partial charge in [0.25, 0.3) is 5.91 Å². The summed E-state index contributed by atoms with van der Waals surface area (Å²) in [5.41, 5.74) is 0.183. The SMILES string of the molecule is C#Cc1cn([C@@H]2S[C@H](CNC(=O)c3ccccc3)[C@H]3OC(C)(C)O[C@H]32)c2ncnc(N(C(=O)O)C(=O)OC(C)(C)C)c12. The molecule has 1 aromatic carbocycles. The Morgan fingerprint density at radius 2 is 1.88 bits per heavy atom. The number of amides is 3. The minimum absolute atomic E-state index is 0.195. The van der Waals surface area contributed by atoms with Crippen molar-refractivity contribution in [3.05, 3.63) is 54.0 Å². The lowest BCUT2D eigenvalue weighted by Gasteiger charge is -2.25. The number of hydrogen-bond donors (Lipinski definition) is 2. The van der Waals surface area contributed by atoms with E-state index in [0.717, 1.165) is 0 Å². The fourth-order valence-electron chi connectivity index (χ4n) is 5.04. The van der Waals surface area contributed by atoms with E-state index in [1.54, 1.807) is 55.8 Å². The molecule has 3 amide bonds. The highest BCUT2D eigenvalue weighted by atomic mass is 32.2. The fraction of sp³-hybridized carbons (Fsp3) is 0.414. The number of rotatable bonds is 5. The number of aromatic nitrogens is 3. The lowest BCUT2D eigenvalue weighted by molar-refractivity contribution is -0.148. The van der Waals surface area contributed by atoms with Crippen LogP contribution in [0.1, 0.15) is 55.9 Å². The molecule has 2 aliphatic rings. The van der Waals surface area contributed by atoms with Crippen LogP contribution in [0, 0.1) is 12.3 Å². The third-order valence-corrected chi connectivity index (χ3v) is 8.18. The normalized spacial score (nSPS) is 22.8. The summed E-state index contributed by atoms with van der Waals surface area (Å²) in [6, 6.07) is 8.92. The van der Waals surface area contributed by atoms with Gasteiger partial charge in [-0.1, -0.05) is 24.1 Å². The Kier molecular flexibility index (Phi) is 7.65. The van der Waals surface area contributed by atoms with Gasteiger partial charge in [-0.25, -0.2) is 19.6 Å². The number of nitrogens with zero attached hydrogens (tertiary/aromatic N) is 4. The number of hydrogen-bond acceptors (Lipinski definition) is 9. The Bertz CT molecular complexity index is 1580. The van der Waals surface area contributed by atoms with Crippen molar-refractivity contribution in [3.8, 4) is 12.3 Å². The summed E-state index contributed by atoms with van der Waals surface area (Å²) < 4.78 is 19.7. The number of carboxylic acid groups (broad SMARTS) is 1. The minimum atomic E-state index is -1.58. The van der Waals surface area contributed by atoms with E-state index in [1.165, 1.54) is 18.1 Å². The smallest absolute Gasteiger partial charge is 0.425 e. The van der Waals surface area contributed by atoms with Crippen molar-refractivity contribution in [2.75, 3.05) is 11.4 Å². The number of anilines is 1. The molecule has 42 heavy (non-hydrogen) atoms. The van der Waals surface area contributed by atoms with E-state index < -0.39 is 35.1 Å². The molecule has 4 heterocycles. The summed E-state index contributed by atoms with van der Waals surface area (Å²) in [6.45, 7) is 8.82. The highest BCUT2D eigenvalue weighted by molar-refractivity contribution is 8.00. The van der Waals surface area contributed by atoms with Crippen molar-refractivity contribution in [2.45, 2.75) is 68.8 Å². The van der Waals surface area contributed by atoms with Crippen LogP contribution >= 0.6 is 11.8 Å². The molecule has 3 aromatic rings. The first-order valence-electron chi connectivity index (χ1n) is 13.2. The number of ether oxygens (including phenoxy) is 3. The summed E-state index contributed by atoms with van der Waals surface area (Å²) in [4.78, 5) is 46.9. The molecule has 0 aliphatic carbocycles. The highest BCUT2D eigenvalue weighted by Gasteiger charge is 2.55. The molecular weight excluding hydrogens is 562 g/mol. The van der Waals surface area contributed by atoms with E-state index in [9.17, 15) is 19.5 Å². The number of nitrogens with one attached hydrogen (secondary N) is 1. The van der Waals surface area contributed by atoms with Crippen LogP contribution in [0.2, 0.25) is 0 Å². The molecule has 2 aromatic heterocycles. The summed E-state index contributed by atoms with van der Waals surface area (Å²) >= 11 is 1.51. The average molecular weight is 594 g/mol. The van der Waals surface area contributed by atoms with Crippen LogP contribution in [0.15, 0.2) is 42.9 Å². The van der Waals surface area contributed by atoms with Crippen LogP contribution in [0.3, 0.4) is 0 Å². The Labute approximate surface area is 246 Å². The van der Waals surface area contributed by atoms with Crippen molar-refractivity contribution in [3.63, 3.8) is 0 Å². The van der Waals surface area contributed by atoms with E-state index in [2.05, 4.69) is 21.2 Å². The van der Waals surface area contributed by atoms with E-state index >= 15 is 0 Å². The van der Waals surface area contributed by atoms with Crippen molar-refractivity contribution in [1.82, 2.24) is 19.9 Å². The van der Waals surface area contributed by atoms with Gasteiger partial charge in [-0.05, 0) is 46.8 Å². The monoisotopic (exact) mass is 593 g/mol. The number of thioether (sulfide) groups is 1. The Morgan fingerprint density at radius 1 is 1.19 bits per heavy atom. The Balaban J connectivity index is 1.51. The molecule has 0 saturated carbocycles. The molecule has 0 unspecified atom stereocenters. The average Bonchev–Trinajstić information content (AvgIpc) is 3.55. The number of carbonyl (C=O) groups is 3. The first kappa shape index (κ1) is 29.4. The molecule has 2 fully saturated rings. The molecule has 2 aliphatic heterocycles. The van der Waals surface area contributed by atoms with Crippen molar-refractivity contribution < 1.29 is 33.7 Å². The zero-order chi connectivity index (χ0) is 30.4. The van der Waals surface area contributed by atoms with Gasteiger partial charge in [0.15, 0.2) is 11.6 Å². The summed E-state index contributed by atoms with van der Waals surface area (Å²) in [7, 11) is 0. The zero-order valence-corrected chi connectivity index (χ0v) is 24.5. The van der Waals surface area contributed by atoms with Gasteiger partial charge in [0, 0.05) is 18.3 Å². The first-order chi connectivity index (χ1) is 19.8. The predicted molar refractivity (Wildman–Crippen MR) is 155 cm³/mol. The lowest BCUT2D eigenvalue weighted by Crippen LogP contribution is -2.40. The molecular formula is C29H31N5O7S. The molecule has 5 rings (SSSR count). The third-order valence-electron chi connectivity index (χ3n) is 6.62. The fourth-order valence-corrected chi connectivity index (χ4v) is 6.60. The molecule has 0 spiro atoms.